The van der Waals surface area contributed by atoms with Crippen LogP contribution in [0.5, 0.6) is 0 Å². The fraction of sp³-hybridized carbons (Fsp3) is 0.529. The normalized spacial score (nSPS) is 12.3. The molecule has 0 aliphatic rings. The Morgan fingerprint density at radius 2 is 1.83 bits per heavy atom. The van der Waals surface area contributed by atoms with Gasteiger partial charge in [-0.05, 0) is 59.2 Å². The van der Waals surface area contributed by atoms with E-state index >= 15 is 0 Å². The molecule has 1 aromatic carbocycles. The van der Waals surface area contributed by atoms with Gasteiger partial charge in [0.1, 0.15) is 6.04 Å². The van der Waals surface area contributed by atoms with Crippen LogP contribution in [-0.2, 0) is 9.53 Å². The molecule has 6 nitrogen and oxygen atoms in total. The molecule has 3 N–H and O–H groups in total. The highest BCUT2D eigenvalue weighted by molar-refractivity contribution is 5.88. The summed E-state index contributed by atoms with van der Waals surface area (Å²) in [6.45, 7) is 11.5. The maximum atomic E-state index is 12.2. The predicted molar refractivity (Wildman–Crippen MR) is 92.8 cm³/mol. The van der Waals surface area contributed by atoms with Gasteiger partial charge in [-0.2, -0.15) is 0 Å². The lowest BCUT2D eigenvalue weighted by Gasteiger charge is -2.25. The third-order valence-corrected chi connectivity index (χ3v) is 3.11. The monoisotopic (exact) mass is 321 g/mol. The van der Waals surface area contributed by atoms with E-state index in [0.717, 1.165) is 11.3 Å². The summed E-state index contributed by atoms with van der Waals surface area (Å²) in [5.41, 5.74) is 2.00. The standard InChI is InChI=1S/C17H27N3O3/c1-7-23-16(22)19-14-10-8-9-13(11(14)2)18-12(3)15(21)20-17(4,5)6/h8-10,12,18H,7H2,1-6H3,(H,19,22)(H,20,21). The smallest absolute Gasteiger partial charge is 0.411 e. The lowest BCUT2D eigenvalue weighted by Crippen LogP contribution is -2.47. The van der Waals surface area contributed by atoms with Gasteiger partial charge in [-0.15, -0.1) is 0 Å². The third-order valence-electron chi connectivity index (χ3n) is 3.11. The first kappa shape index (κ1) is 18.8. The maximum Gasteiger partial charge on any atom is 0.411 e. The summed E-state index contributed by atoms with van der Waals surface area (Å²) in [7, 11) is 0. The topological polar surface area (TPSA) is 79.5 Å². The highest BCUT2D eigenvalue weighted by atomic mass is 16.5. The maximum absolute atomic E-state index is 12.2. The van der Waals surface area contributed by atoms with E-state index in [1.807, 2.05) is 39.8 Å². The Morgan fingerprint density at radius 3 is 2.39 bits per heavy atom. The predicted octanol–water partition coefficient (Wildman–Crippen LogP) is 3.28. The molecule has 0 aliphatic carbocycles. The summed E-state index contributed by atoms with van der Waals surface area (Å²) in [6, 6.07) is 5.07. The van der Waals surface area contributed by atoms with Gasteiger partial charge in [0.05, 0.1) is 6.61 Å². The molecule has 128 valence electrons. The number of amides is 2. The van der Waals surface area contributed by atoms with Crippen molar-refractivity contribution in [3.8, 4) is 0 Å². The molecule has 23 heavy (non-hydrogen) atoms. The second kappa shape index (κ2) is 7.85. The van der Waals surface area contributed by atoms with Gasteiger partial charge in [0.15, 0.2) is 0 Å². The molecule has 0 saturated heterocycles. The van der Waals surface area contributed by atoms with Gasteiger partial charge in [0.2, 0.25) is 5.91 Å². The quantitative estimate of drug-likeness (QED) is 0.777. The number of carbonyl (C=O) groups is 2. The minimum atomic E-state index is -0.494. The van der Waals surface area contributed by atoms with E-state index in [-0.39, 0.29) is 11.4 Å². The van der Waals surface area contributed by atoms with Crippen LogP contribution in [0.2, 0.25) is 0 Å². The number of benzene rings is 1. The minimum Gasteiger partial charge on any atom is -0.450 e. The molecule has 0 heterocycles. The molecule has 0 saturated carbocycles. The number of nitrogens with one attached hydrogen (secondary N) is 3. The number of hydrogen-bond acceptors (Lipinski definition) is 4. The molecular formula is C17H27N3O3. The van der Waals surface area contributed by atoms with Crippen molar-refractivity contribution in [1.29, 1.82) is 0 Å². The van der Waals surface area contributed by atoms with E-state index in [1.165, 1.54) is 0 Å². The van der Waals surface area contributed by atoms with Crippen molar-refractivity contribution in [3.05, 3.63) is 23.8 Å². The number of carbonyl (C=O) groups excluding carboxylic acids is 2. The van der Waals surface area contributed by atoms with E-state index < -0.39 is 12.1 Å². The van der Waals surface area contributed by atoms with Crippen LogP contribution >= 0.6 is 0 Å². The summed E-state index contributed by atoms with van der Waals surface area (Å²) in [4.78, 5) is 23.7. The minimum absolute atomic E-state index is 0.0827. The molecule has 0 radical (unpaired) electrons. The first-order valence-electron chi connectivity index (χ1n) is 7.76. The van der Waals surface area contributed by atoms with Gasteiger partial charge in [-0.1, -0.05) is 6.07 Å². The summed E-state index contributed by atoms with van der Waals surface area (Å²) in [5, 5.41) is 8.80. The van der Waals surface area contributed by atoms with Crippen LogP contribution in [0.3, 0.4) is 0 Å². The van der Waals surface area contributed by atoms with Crippen LogP contribution in [0.15, 0.2) is 18.2 Å². The van der Waals surface area contributed by atoms with Crippen molar-refractivity contribution in [2.24, 2.45) is 0 Å². The van der Waals surface area contributed by atoms with Crippen LogP contribution in [0, 0.1) is 6.92 Å². The Balaban J connectivity index is 2.81. The van der Waals surface area contributed by atoms with E-state index in [0.29, 0.717) is 12.3 Å². The molecule has 0 fully saturated rings. The number of rotatable bonds is 5. The Morgan fingerprint density at radius 1 is 1.22 bits per heavy atom. The zero-order valence-electron chi connectivity index (χ0n) is 14.7. The second-order valence-corrected chi connectivity index (χ2v) is 6.43. The van der Waals surface area contributed by atoms with Gasteiger partial charge in [0, 0.05) is 16.9 Å². The van der Waals surface area contributed by atoms with Crippen molar-refractivity contribution in [1.82, 2.24) is 5.32 Å². The van der Waals surface area contributed by atoms with E-state index in [9.17, 15) is 9.59 Å². The van der Waals surface area contributed by atoms with Gasteiger partial charge < -0.3 is 15.4 Å². The molecule has 0 aromatic heterocycles. The van der Waals surface area contributed by atoms with E-state index in [2.05, 4.69) is 16.0 Å². The first-order valence-corrected chi connectivity index (χ1v) is 7.76. The fourth-order valence-electron chi connectivity index (χ4n) is 1.98. The van der Waals surface area contributed by atoms with E-state index in [1.54, 1.807) is 19.9 Å². The molecule has 0 aliphatic heterocycles. The van der Waals surface area contributed by atoms with Crippen molar-refractivity contribution in [3.63, 3.8) is 0 Å². The lowest BCUT2D eigenvalue weighted by molar-refractivity contribution is -0.122. The first-order chi connectivity index (χ1) is 10.6. The Labute approximate surface area is 138 Å². The van der Waals surface area contributed by atoms with E-state index in [4.69, 9.17) is 4.74 Å². The molecule has 1 unspecified atom stereocenters. The molecule has 0 bridgehead atoms. The van der Waals surface area contributed by atoms with Crippen molar-refractivity contribution >= 4 is 23.4 Å². The number of anilines is 2. The van der Waals surface area contributed by atoms with Crippen molar-refractivity contribution in [2.45, 2.75) is 53.1 Å². The summed E-state index contributed by atoms with van der Waals surface area (Å²) in [5.74, 6) is -0.0827. The molecule has 1 aromatic rings. The van der Waals surface area contributed by atoms with Crippen LogP contribution in [0.1, 0.15) is 40.2 Å². The highest BCUT2D eigenvalue weighted by Gasteiger charge is 2.20. The van der Waals surface area contributed by atoms with Crippen LogP contribution in [0.4, 0.5) is 16.2 Å². The summed E-state index contributed by atoms with van der Waals surface area (Å²) in [6.07, 6.45) is -0.494. The van der Waals surface area contributed by atoms with Crippen LogP contribution < -0.4 is 16.0 Å². The highest BCUT2D eigenvalue weighted by Crippen LogP contribution is 2.24. The molecule has 1 atom stereocenters. The number of ether oxygens (including phenoxy) is 1. The Kier molecular flexibility index (Phi) is 6.42. The number of hydrogen-bond donors (Lipinski definition) is 3. The van der Waals surface area contributed by atoms with Crippen LogP contribution in [0.25, 0.3) is 0 Å². The van der Waals surface area contributed by atoms with Crippen molar-refractivity contribution < 1.29 is 14.3 Å². The van der Waals surface area contributed by atoms with Gasteiger partial charge >= 0.3 is 6.09 Å². The average Bonchev–Trinajstić information content (AvgIpc) is 2.41. The molecule has 1 rings (SSSR count). The van der Waals surface area contributed by atoms with Gasteiger partial charge in [0.25, 0.3) is 0 Å². The third kappa shape index (κ3) is 6.18. The zero-order valence-corrected chi connectivity index (χ0v) is 14.7. The summed E-state index contributed by atoms with van der Waals surface area (Å²) < 4.78 is 4.88. The SMILES string of the molecule is CCOC(=O)Nc1cccc(NC(C)C(=O)NC(C)(C)C)c1C. The van der Waals surface area contributed by atoms with Crippen molar-refractivity contribution in [2.75, 3.05) is 17.2 Å². The molecule has 2 amide bonds. The second-order valence-electron chi connectivity index (χ2n) is 6.43. The fourth-order valence-corrected chi connectivity index (χ4v) is 1.98. The average molecular weight is 321 g/mol. The van der Waals surface area contributed by atoms with Gasteiger partial charge in [-0.3, -0.25) is 10.1 Å². The summed E-state index contributed by atoms with van der Waals surface area (Å²) >= 11 is 0. The lowest BCUT2D eigenvalue weighted by atomic mass is 10.1. The van der Waals surface area contributed by atoms with Crippen LogP contribution in [-0.4, -0.2) is 30.2 Å². The molecule has 0 spiro atoms. The Bertz CT molecular complexity index is 565. The molecular weight excluding hydrogens is 294 g/mol. The largest absolute Gasteiger partial charge is 0.450 e. The van der Waals surface area contributed by atoms with Gasteiger partial charge in [-0.25, -0.2) is 4.79 Å². The zero-order chi connectivity index (χ0) is 17.6. The molecule has 6 heteroatoms. The Hall–Kier alpha value is -2.24.